The van der Waals surface area contributed by atoms with Crippen molar-refractivity contribution in [3.05, 3.63) is 30.1 Å². The van der Waals surface area contributed by atoms with E-state index < -0.39 is 0 Å². The minimum Gasteiger partial charge on any atom is -0.369 e. The predicted octanol–water partition coefficient (Wildman–Crippen LogP) is 2.22. The van der Waals surface area contributed by atoms with E-state index in [9.17, 15) is 14.0 Å². The SMILES string of the molecule is O=C(CCCNC(=O)C1CC1)N[C@@H]1CCCN(c2cccc(F)c2)C1. The molecule has 5 nitrogen and oxygen atoms in total. The van der Waals surface area contributed by atoms with Crippen LogP contribution in [0.25, 0.3) is 0 Å². The summed E-state index contributed by atoms with van der Waals surface area (Å²) in [7, 11) is 0. The van der Waals surface area contributed by atoms with Gasteiger partial charge in [-0.15, -0.1) is 0 Å². The Labute approximate surface area is 148 Å². The first-order chi connectivity index (χ1) is 12.1. The molecule has 136 valence electrons. The van der Waals surface area contributed by atoms with Crippen LogP contribution in [0.5, 0.6) is 0 Å². The zero-order chi connectivity index (χ0) is 17.6. The quantitative estimate of drug-likeness (QED) is 0.744. The first-order valence-corrected chi connectivity index (χ1v) is 9.19. The lowest BCUT2D eigenvalue weighted by Crippen LogP contribution is -2.47. The van der Waals surface area contributed by atoms with Gasteiger partial charge in [0.25, 0.3) is 0 Å². The Morgan fingerprint density at radius 2 is 2.08 bits per heavy atom. The minimum atomic E-state index is -0.239. The molecule has 1 aromatic carbocycles. The number of hydrogen-bond donors (Lipinski definition) is 2. The topological polar surface area (TPSA) is 61.4 Å². The molecule has 2 N–H and O–H groups in total. The second kappa shape index (κ2) is 8.32. The molecule has 1 aliphatic heterocycles. The lowest BCUT2D eigenvalue weighted by molar-refractivity contribution is -0.124. The van der Waals surface area contributed by atoms with Crippen molar-refractivity contribution >= 4 is 17.5 Å². The molecule has 3 rings (SSSR count). The van der Waals surface area contributed by atoms with Crippen LogP contribution in [0.4, 0.5) is 10.1 Å². The zero-order valence-electron chi connectivity index (χ0n) is 14.5. The van der Waals surface area contributed by atoms with Crippen molar-refractivity contribution in [3.63, 3.8) is 0 Å². The van der Waals surface area contributed by atoms with Crippen LogP contribution in [-0.4, -0.2) is 37.5 Å². The number of piperidine rings is 1. The van der Waals surface area contributed by atoms with Crippen LogP contribution >= 0.6 is 0 Å². The van der Waals surface area contributed by atoms with E-state index in [0.717, 1.165) is 37.9 Å². The van der Waals surface area contributed by atoms with Gasteiger partial charge in [-0.05, 0) is 50.3 Å². The van der Waals surface area contributed by atoms with Crippen molar-refractivity contribution in [1.82, 2.24) is 10.6 Å². The van der Waals surface area contributed by atoms with Gasteiger partial charge in [-0.3, -0.25) is 9.59 Å². The van der Waals surface area contributed by atoms with E-state index in [1.807, 2.05) is 6.07 Å². The summed E-state index contributed by atoms with van der Waals surface area (Å²) in [6, 6.07) is 6.67. The van der Waals surface area contributed by atoms with E-state index in [-0.39, 0.29) is 29.6 Å². The molecular formula is C19H26FN3O2. The van der Waals surface area contributed by atoms with E-state index in [2.05, 4.69) is 15.5 Å². The van der Waals surface area contributed by atoms with Crippen LogP contribution < -0.4 is 15.5 Å². The normalized spacial score (nSPS) is 20.2. The fourth-order valence-electron chi connectivity index (χ4n) is 3.25. The van der Waals surface area contributed by atoms with Gasteiger partial charge >= 0.3 is 0 Å². The highest BCUT2D eigenvalue weighted by atomic mass is 19.1. The van der Waals surface area contributed by atoms with Gasteiger partial charge in [-0.25, -0.2) is 4.39 Å². The Morgan fingerprint density at radius 1 is 1.24 bits per heavy atom. The fourth-order valence-corrected chi connectivity index (χ4v) is 3.25. The Bertz CT molecular complexity index is 618. The van der Waals surface area contributed by atoms with Crippen molar-refractivity contribution in [2.45, 2.75) is 44.6 Å². The number of anilines is 1. The third-order valence-corrected chi connectivity index (χ3v) is 4.79. The molecule has 0 radical (unpaired) electrons. The van der Waals surface area contributed by atoms with Crippen molar-refractivity contribution in [2.75, 3.05) is 24.5 Å². The third-order valence-electron chi connectivity index (χ3n) is 4.79. The summed E-state index contributed by atoms with van der Waals surface area (Å²) >= 11 is 0. The summed E-state index contributed by atoms with van der Waals surface area (Å²) < 4.78 is 13.4. The van der Waals surface area contributed by atoms with E-state index in [0.29, 0.717) is 25.9 Å². The van der Waals surface area contributed by atoms with Gasteiger partial charge in [0, 0.05) is 43.7 Å². The highest BCUT2D eigenvalue weighted by molar-refractivity contribution is 5.81. The summed E-state index contributed by atoms with van der Waals surface area (Å²) in [6.07, 6.45) is 4.98. The van der Waals surface area contributed by atoms with Crippen LogP contribution in [0.3, 0.4) is 0 Å². The summed E-state index contributed by atoms with van der Waals surface area (Å²) in [4.78, 5) is 25.7. The van der Waals surface area contributed by atoms with Gasteiger partial charge in [-0.1, -0.05) is 6.07 Å². The molecule has 1 aromatic rings. The van der Waals surface area contributed by atoms with Gasteiger partial charge in [0.2, 0.25) is 11.8 Å². The Morgan fingerprint density at radius 3 is 2.84 bits per heavy atom. The van der Waals surface area contributed by atoms with Gasteiger partial charge in [0.1, 0.15) is 5.82 Å². The first kappa shape index (κ1) is 17.7. The number of nitrogens with one attached hydrogen (secondary N) is 2. The first-order valence-electron chi connectivity index (χ1n) is 9.19. The van der Waals surface area contributed by atoms with Crippen LogP contribution in [0.2, 0.25) is 0 Å². The van der Waals surface area contributed by atoms with Gasteiger partial charge < -0.3 is 15.5 Å². The number of rotatable bonds is 7. The summed E-state index contributed by atoms with van der Waals surface area (Å²) in [5, 5.41) is 5.94. The summed E-state index contributed by atoms with van der Waals surface area (Å²) in [6.45, 7) is 2.14. The molecular weight excluding hydrogens is 321 g/mol. The number of carbonyl (C=O) groups is 2. The number of benzene rings is 1. The number of carbonyl (C=O) groups excluding carboxylic acids is 2. The molecule has 1 saturated carbocycles. The standard InChI is InChI=1S/C19H26FN3O2/c20-15-4-1-6-17(12-15)23-11-3-5-16(13-23)22-18(24)7-2-10-21-19(25)14-8-9-14/h1,4,6,12,14,16H,2-3,5,7-11,13H2,(H,21,25)(H,22,24)/t16-/m1/s1. The molecule has 0 unspecified atom stereocenters. The van der Waals surface area contributed by atoms with E-state index in [1.165, 1.54) is 12.1 Å². The molecule has 2 fully saturated rings. The van der Waals surface area contributed by atoms with Gasteiger partial charge in [0.05, 0.1) is 0 Å². The second-order valence-electron chi connectivity index (χ2n) is 7.00. The predicted molar refractivity (Wildman–Crippen MR) is 94.7 cm³/mol. The van der Waals surface area contributed by atoms with Crippen LogP contribution in [0, 0.1) is 11.7 Å². The number of halogens is 1. The minimum absolute atomic E-state index is 0.0202. The molecule has 1 aliphatic carbocycles. The smallest absolute Gasteiger partial charge is 0.223 e. The number of hydrogen-bond acceptors (Lipinski definition) is 3. The highest BCUT2D eigenvalue weighted by Gasteiger charge is 2.29. The van der Waals surface area contributed by atoms with E-state index in [4.69, 9.17) is 0 Å². The lowest BCUT2D eigenvalue weighted by Gasteiger charge is -2.34. The molecule has 6 heteroatoms. The van der Waals surface area contributed by atoms with E-state index in [1.54, 1.807) is 6.07 Å². The van der Waals surface area contributed by atoms with Crippen LogP contribution in [0.15, 0.2) is 24.3 Å². The lowest BCUT2D eigenvalue weighted by atomic mass is 10.0. The van der Waals surface area contributed by atoms with Crippen LogP contribution in [-0.2, 0) is 9.59 Å². The maximum atomic E-state index is 13.4. The molecule has 2 aliphatic rings. The van der Waals surface area contributed by atoms with Crippen molar-refractivity contribution in [3.8, 4) is 0 Å². The average molecular weight is 347 g/mol. The second-order valence-corrected chi connectivity index (χ2v) is 7.00. The number of nitrogens with zero attached hydrogens (tertiary/aromatic N) is 1. The maximum Gasteiger partial charge on any atom is 0.223 e. The van der Waals surface area contributed by atoms with E-state index >= 15 is 0 Å². The largest absolute Gasteiger partial charge is 0.369 e. The Hall–Kier alpha value is -2.11. The number of amides is 2. The van der Waals surface area contributed by atoms with Crippen molar-refractivity contribution < 1.29 is 14.0 Å². The molecule has 0 bridgehead atoms. The Balaban J connectivity index is 1.38. The van der Waals surface area contributed by atoms with Gasteiger partial charge in [0.15, 0.2) is 0 Å². The van der Waals surface area contributed by atoms with Gasteiger partial charge in [-0.2, -0.15) is 0 Å². The third kappa shape index (κ3) is 5.44. The highest BCUT2D eigenvalue weighted by Crippen LogP contribution is 2.28. The molecule has 1 heterocycles. The van der Waals surface area contributed by atoms with Crippen molar-refractivity contribution in [1.29, 1.82) is 0 Å². The summed E-state index contributed by atoms with van der Waals surface area (Å²) in [5.41, 5.74) is 0.863. The van der Waals surface area contributed by atoms with Crippen LogP contribution in [0.1, 0.15) is 38.5 Å². The monoisotopic (exact) mass is 347 g/mol. The maximum absolute atomic E-state index is 13.4. The molecule has 1 atom stereocenters. The average Bonchev–Trinajstić information content (AvgIpc) is 3.44. The molecule has 1 saturated heterocycles. The zero-order valence-corrected chi connectivity index (χ0v) is 14.5. The molecule has 25 heavy (non-hydrogen) atoms. The Kier molecular flexibility index (Phi) is 5.89. The molecule has 2 amide bonds. The molecule has 0 spiro atoms. The summed E-state index contributed by atoms with van der Waals surface area (Å²) in [5.74, 6) is 0.118. The molecule has 0 aromatic heterocycles. The fraction of sp³-hybridized carbons (Fsp3) is 0.579. The van der Waals surface area contributed by atoms with Crippen molar-refractivity contribution in [2.24, 2.45) is 5.92 Å².